The van der Waals surface area contributed by atoms with Gasteiger partial charge in [-0.3, -0.25) is 17.9 Å². The Hall–Kier alpha value is -11.0. The third-order valence-electron chi connectivity index (χ3n) is 18.8. The smallest absolute Gasteiger partial charge is 0.399 e. The van der Waals surface area contributed by atoms with Gasteiger partial charge in [-0.15, -0.1) is 0 Å². The lowest BCUT2D eigenvalue weighted by Crippen LogP contribution is -2.41. The topological polar surface area (TPSA) is 88.7 Å². The second-order valence-electron chi connectivity index (χ2n) is 25.0. The average Bonchev–Trinajstić information content (AvgIpc) is 1.52. The molecule has 1 aliphatic rings. The molecule has 94 heavy (non-hydrogen) atoms. The van der Waals surface area contributed by atoms with Crippen LogP contribution in [0.5, 0.6) is 0 Å². The van der Waals surface area contributed by atoms with Gasteiger partial charge in [0.1, 0.15) is 22.9 Å². The van der Waals surface area contributed by atoms with Crippen molar-refractivity contribution in [2.45, 2.75) is 38.9 Å². The van der Waals surface area contributed by atoms with Crippen LogP contribution in [-0.2, 0) is 9.31 Å². The Morgan fingerprint density at radius 2 is 0.670 bits per heavy atom. The molecule has 7 heterocycles. The van der Waals surface area contributed by atoms with Crippen LogP contribution in [0.1, 0.15) is 27.7 Å². The van der Waals surface area contributed by atoms with E-state index in [1.807, 2.05) is 42.5 Å². The fraction of sp³-hybridized carbons (Fsp3) is 0.0732. The molecule has 0 aliphatic carbocycles. The predicted octanol–water partition coefficient (Wildman–Crippen LogP) is 20.0. The van der Waals surface area contributed by atoms with Crippen molar-refractivity contribution in [1.82, 2.24) is 37.9 Å². The van der Waals surface area contributed by atoms with Gasteiger partial charge in [-0.2, -0.15) is 0 Å². The SMILES string of the molecule is Brc1ccc(-c2nc3ccccc3n2-c2ccccc2)cc1.CC1(C)OB(c2ccc3c(c2)c2ccccc2n2c4ccccc4nc32)OC1(C)C.c1ccc(-n2c(-c3ccc(-c4ccc5c(c4)c4ccccc4n4c6ccccc6nc54)cc3)nc3ccccc32)cc1. The van der Waals surface area contributed by atoms with Crippen molar-refractivity contribution in [3.05, 3.63) is 296 Å². The number of nitrogens with zero attached hydrogens (tertiary/aromatic N) is 8. The third kappa shape index (κ3) is 9.63. The molecule has 0 amide bonds. The van der Waals surface area contributed by atoms with E-state index in [4.69, 9.17) is 29.2 Å². The Bertz CT molecular complexity index is 5940. The van der Waals surface area contributed by atoms with Gasteiger partial charge in [0.15, 0.2) is 0 Å². The Balaban J connectivity index is 0.000000113. The number of aromatic nitrogens is 8. The highest BCUT2D eigenvalue weighted by Gasteiger charge is 2.51. The maximum Gasteiger partial charge on any atom is 0.494 e. The van der Waals surface area contributed by atoms with Gasteiger partial charge >= 0.3 is 7.12 Å². The van der Waals surface area contributed by atoms with E-state index in [-0.39, 0.29) is 18.3 Å². The minimum atomic E-state index is -0.381. The summed E-state index contributed by atoms with van der Waals surface area (Å²) in [4.78, 5) is 19.9. The second kappa shape index (κ2) is 22.7. The van der Waals surface area contributed by atoms with Crippen LogP contribution in [0.25, 0.3) is 144 Å². The standard InChI is InChI=1S/C38H24N4.C25H23BN2O2.C19H13BrN2/c1-2-10-28(11-3-1)41-35-16-8-5-13-32(35)39-37(41)26-20-18-25(19-21-26)27-22-23-30-31(24-27)29-12-4-7-15-34(29)42-36-17-9-6-14-33(36)40-38(30)42;1-24(2)25(3,4)30-26(29-24)16-13-14-18-19(15-16)17-9-5-7-11-21(17)28-22-12-8-6-10-20(22)27-23(18)28;20-15-12-10-14(11-13-15)19-21-17-8-4-5-9-18(17)22(19)16-6-2-1-3-7-16/h1-24H;5-15H,1-4H3;1-13H. The van der Waals surface area contributed by atoms with Gasteiger partial charge in [-0.1, -0.05) is 198 Å². The largest absolute Gasteiger partial charge is 0.494 e. The summed E-state index contributed by atoms with van der Waals surface area (Å²) in [5, 5.41) is 7.08. The van der Waals surface area contributed by atoms with Crippen LogP contribution in [0.4, 0.5) is 0 Å². The molecular weight excluding hydrogens is 1220 g/mol. The lowest BCUT2D eigenvalue weighted by Gasteiger charge is -2.32. The quantitative estimate of drug-likeness (QED) is 0.122. The zero-order valence-corrected chi connectivity index (χ0v) is 53.6. The summed E-state index contributed by atoms with van der Waals surface area (Å²) >= 11 is 3.49. The van der Waals surface area contributed by atoms with E-state index in [1.165, 1.54) is 38.2 Å². The van der Waals surface area contributed by atoms with Crippen molar-refractivity contribution in [2.75, 3.05) is 0 Å². The van der Waals surface area contributed by atoms with Crippen molar-refractivity contribution >= 4 is 127 Å². The molecule has 0 spiro atoms. The zero-order chi connectivity index (χ0) is 63.2. The van der Waals surface area contributed by atoms with Gasteiger partial charge in [0, 0.05) is 48.5 Å². The van der Waals surface area contributed by atoms with E-state index in [1.54, 1.807) is 0 Å². The van der Waals surface area contributed by atoms with Crippen molar-refractivity contribution in [3.8, 4) is 45.3 Å². The normalized spacial score (nSPS) is 13.6. The number of fused-ring (bicyclic) bond motifs is 18. The summed E-state index contributed by atoms with van der Waals surface area (Å²) in [5.41, 5.74) is 19.8. The molecule has 1 saturated heterocycles. The Morgan fingerprint density at radius 1 is 0.309 bits per heavy atom. The Kier molecular flexibility index (Phi) is 13.7. The first-order chi connectivity index (χ1) is 46.0. The highest BCUT2D eigenvalue weighted by molar-refractivity contribution is 9.10. The van der Waals surface area contributed by atoms with Crippen molar-refractivity contribution in [3.63, 3.8) is 0 Å². The summed E-state index contributed by atoms with van der Waals surface area (Å²) in [6, 6.07) is 101. The summed E-state index contributed by atoms with van der Waals surface area (Å²) < 4.78 is 22.7. The number of hydrogen-bond donors (Lipinski definition) is 0. The number of benzene rings is 12. The van der Waals surface area contributed by atoms with E-state index >= 15 is 0 Å². The third-order valence-corrected chi connectivity index (χ3v) is 19.3. The van der Waals surface area contributed by atoms with Gasteiger partial charge in [-0.05, 0) is 164 Å². The summed E-state index contributed by atoms with van der Waals surface area (Å²) in [5.74, 6) is 1.90. The van der Waals surface area contributed by atoms with Crippen LogP contribution in [0.3, 0.4) is 0 Å². The van der Waals surface area contributed by atoms with Crippen molar-refractivity contribution in [1.29, 1.82) is 0 Å². The van der Waals surface area contributed by atoms with E-state index in [2.05, 4.69) is 310 Å². The van der Waals surface area contributed by atoms with Crippen molar-refractivity contribution < 1.29 is 9.31 Å². The summed E-state index contributed by atoms with van der Waals surface area (Å²) in [7, 11) is -0.381. The summed E-state index contributed by atoms with van der Waals surface area (Å²) in [6.07, 6.45) is 0. The molecule has 450 valence electrons. The molecule has 10 nitrogen and oxygen atoms in total. The summed E-state index contributed by atoms with van der Waals surface area (Å²) in [6.45, 7) is 8.35. The molecule has 6 aromatic heterocycles. The van der Waals surface area contributed by atoms with Crippen LogP contribution in [-0.4, -0.2) is 56.2 Å². The van der Waals surface area contributed by atoms with Gasteiger partial charge in [0.2, 0.25) is 0 Å². The molecule has 0 atom stereocenters. The number of pyridine rings is 2. The number of halogens is 1. The number of imidazole rings is 4. The number of hydrogen-bond acceptors (Lipinski definition) is 6. The Labute approximate surface area is 550 Å². The molecule has 18 aromatic rings. The van der Waals surface area contributed by atoms with Crippen LogP contribution in [0, 0.1) is 0 Å². The molecule has 12 heteroatoms. The molecule has 1 aliphatic heterocycles. The minimum Gasteiger partial charge on any atom is -0.399 e. The van der Waals surface area contributed by atoms with Crippen molar-refractivity contribution in [2.24, 2.45) is 0 Å². The fourth-order valence-corrected chi connectivity index (χ4v) is 13.7. The van der Waals surface area contributed by atoms with Crippen LogP contribution >= 0.6 is 15.9 Å². The maximum atomic E-state index is 6.30. The number of rotatable bonds is 6. The van der Waals surface area contributed by atoms with Gasteiger partial charge in [0.05, 0.1) is 66.4 Å². The van der Waals surface area contributed by atoms with Gasteiger partial charge in [0.25, 0.3) is 0 Å². The van der Waals surface area contributed by atoms with Crippen LogP contribution < -0.4 is 5.46 Å². The first-order valence-corrected chi connectivity index (χ1v) is 32.5. The zero-order valence-electron chi connectivity index (χ0n) is 52.1. The second-order valence-corrected chi connectivity index (χ2v) is 25.9. The van der Waals surface area contributed by atoms with Crippen LogP contribution in [0.2, 0.25) is 0 Å². The monoisotopic (exact) mass is 1280 g/mol. The van der Waals surface area contributed by atoms with E-state index in [0.717, 1.165) is 116 Å². The molecular formula is C82H60BBrN8O2. The fourth-order valence-electron chi connectivity index (χ4n) is 13.5. The molecule has 0 N–H and O–H groups in total. The lowest BCUT2D eigenvalue weighted by molar-refractivity contribution is 0.00578. The van der Waals surface area contributed by atoms with E-state index in [9.17, 15) is 0 Å². The van der Waals surface area contributed by atoms with E-state index in [0.29, 0.717) is 0 Å². The average molecular weight is 1280 g/mol. The van der Waals surface area contributed by atoms with Gasteiger partial charge in [-0.25, -0.2) is 19.9 Å². The highest BCUT2D eigenvalue weighted by atomic mass is 79.9. The first-order valence-electron chi connectivity index (χ1n) is 31.7. The highest BCUT2D eigenvalue weighted by Crippen LogP contribution is 2.40. The van der Waals surface area contributed by atoms with E-state index < -0.39 is 0 Å². The predicted molar refractivity (Wildman–Crippen MR) is 391 cm³/mol. The van der Waals surface area contributed by atoms with Gasteiger partial charge < -0.3 is 9.31 Å². The first kappa shape index (κ1) is 56.9. The molecule has 19 rings (SSSR count). The lowest BCUT2D eigenvalue weighted by atomic mass is 9.78. The molecule has 0 unspecified atom stereocenters. The minimum absolute atomic E-state index is 0.362. The molecule has 0 radical (unpaired) electrons. The van der Waals surface area contributed by atoms with Crippen LogP contribution in [0.15, 0.2) is 296 Å². The molecule has 0 saturated carbocycles. The molecule has 1 fully saturated rings. The number of para-hydroxylation sites is 12. The maximum absolute atomic E-state index is 6.30. The Morgan fingerprint density at radius 3 is 1.15 bits per heavy atom. The molecule has 0 bridgehead atoms. The molecule has 12 aromatic carbocycles.